The number of pyridine rings is 1. The summed E-state index contributed by atoms with van der Waals surface area (Å²) in [4.78, 5) is 15.3. The van der Waals surface area contributed by atoms with E-state index < -0.39 is 0 Å². The van der Waals surface area contributed by atoms with E-state index in [4.69, 9.17) is 0 Å². The molecule has 0 saturated carbocycles. The molecule has 4 heteroatoms. The van der Waals surface area contributed by atoms with Gasteiger partial charge < -0.3 is 9.72 Å². The summed E-state index contributed by atoms with van der Waals surface area (Å²) in [6.07, 6.45) is 6.51. The average Bonchev–Trinajstić information content (AvgIpc) is 2.94. The number of anilines is 1. The monoisotopic (exact) mass is 251 g/mol. The Morgan fingerprint density at radius 2 is 2.05 bits per heavy atom. The fraction of sp³-hybridized carbons (Fsp3) is 0.0667. The molecule has 2 heterocycles. The van der Waals surface area contributed by atoms with Crippen LogP contribution < -0.4 is 5.32 Å². The minimum Gasteiger partial charge on any atom is -0.380 e. The lowest BCUT2D eigenvalue weighted by atomic mass is 10.2. The summed E-state index contributed by atoms with van der Waals surface area (Å²) in [6.45, 7) is 0.631. The number of imidazole rings is 1. The lowest BCUT2D eigenvalue weighted by Gasteiger charge is -2.09. The summed E-state index contributed by atoms with van der Waals surface area (Å²) in [6, 6.07) is 11.5. The second-order valence-electron chi connectivity index (χ2n) is 4.25. The Morgan fingerprint density at radius 1 is 1.16 bits per heavy atom. The number of benzene rings is 1. The normalized spacial score (nSPS) is 10.5. The van der Waals surface area contributed by atoms with Crippen LogP contribution in [-0.2, 0) is 6.54 Å². The Kier molecular flexibility index (Phi) is 2.98. The predicted molar refractivity (Wildman–Crippen MR) is 74.3 cm³/mol. The van der Waals surface area contributed by atoms with Crippen LogP contribution in [0.5, 0.6) is 0 Å². The molecule has 0 unspecified atom stereocenters. The quantitative estimate of drug-likeness (QED) is 0.725. The molecule has 2 aromatic heterocycles. The van der Waals surface area contributed by atoms with Crippen LogP contribution in [0.25, 0.3) is 5.65 Å². The van der Waals surface area contributed by atoms with E-state index in [0.717, 1.165) is 23.2 Å². The Bertz CT molecular complexity index is 718. The van der Waals surface area contributed by atoms with Crippen LogP contribution in [0.3, 0.4) is 0 Å². The Labute approximate surface area is 110 Å². The highest BCUT2D eigenvalue weighted by Crippen LogP contribution is 2.15. The molecule has 0 radical (unpaired) electrons. The molecule has 0 fully saturated rings. The van der Waals surface area contributed by atoms with Crippen molar-refractivity contribution >= 4 is 17.6 Å². The van der Waals surface area contributed by atoms with Crippen LogP contribution in [0.2, 0.25) is 0 Å². The van der Waals surface area contributed by atoms with Gasteiger partial charge in [0.1, 0.15) is 5.65 Å². The molecule has 3 rings (SSSR count). The summed E-state index contributed by atoms with van der Waals surface area (Å²) < 4.78 is 1.97. The minimum atomic E-state index is 0.631. The van der Waals surface area contributed by atoms with Crippen molar-refractivity contribution in [2.75, 3.05) is 5.32 Å². The first-order valence-corrected chi connectivity index (χ1v) is 6.07. The maximum atomic E-state index is 11.0. The average molecular weight is 251 g/mol. The third-order valence-electron chi connectivity index (χ3n) is 3.06. The van der Waals surface area contributed by atoms with Crippen molar-refractivity contribution in [2.45, 2.75) is 6.54 Å². The largest absolute Gasteiger partial charge is 0.380 e. The smallest absolute Gasteiger partial charge is 0.152 e. The fourth-order valence-electron chi connectivity index (χ4n) is 2.10. The molecule has 19 heavy (non-hydrogen) atoms. The molecule has 0 aliphatic carbocycles. The van der Waals surface area contributed by atoms with Crippen LogP contribution >= 0.6 is 0 Å². The van der Waals surface area contributed by atoms with E-state index in [1.807, 2.05) is 47.1 Å². The van der Waals surface area contributed by atoms with Gasteiger partial charge in [0.2, 0.25) is 0 Å². The van der Waals surface area contributed by atoms with Crippen molar-refractivity contribution < 1.29 is 4.79 Å². The first-order chi connectivity index (χ1) is 9.38. The van der Waals surface area contributed by atoms with E-state index in [0.29, 0.717) is 12.1 Å². The molecule has 0 spiro atoms. The van der Waals surface area contributed by atoms with E-state index in [2.05, 4.69) is 10.3 Å². The third kappa shape index (κ3) is 2.20. The van der Waals surface area contributed by atoms with Crippen LogP contribution in [0.4, 0.5) is 5.69 Å². The number of para-hydroxylation sites is 1. The van der Waals surface area contributed by atoms with Crippen molar-refractivity contribution in [3.8, 4) is 0 Å². The molecule has 0 amide bonds. The first-order valence-electron chi connectivity index (χ1n) is 6.07. The SMILES string of the molecule is O=Cc1ccccc1NCc1cccn2ccnc12. The van der Waals surface area contributed by atoms with Crippen LogP contribution in [0, 0.1) is 0 Å². The Morgan fingerprint density at radius 3 is 2.95 bits per heavy atom. The molecule has 0 aliphatic heterocycles. The summed E-state index contributed by atoms with van der Waals surface area (Å²) in [7, 11) is 0. The molecule has 4 nitrogen and oxygen atoms in total. The number of hydrogen-bond acceptors (Lipinski definition) is 3. The van der Waals surface area contributed by atoms with Crippen LogP contribution in [-0.4, -0.2) is 15.7 Å². The zero-order valence-electron chi connectivity index (χ0n) is 10.3. The number of aromatic nitrogens is 2. The van der Waals surface area contributed by atoms with Gasteiger partial charge >= 0.3 is 0 Å². The molecular formula is C15H13N3O. The number of nitrogens with one attached hydrogen (secondary N) is 1. The highest BCUT2D eigenvalue weighted by molar-refractivity contribution is 5.84. The van der Waals surface area contributed by atoms with E-state index in [1.54, 1.807) is 12.3 Å². The van der Waals surface area contributed by atoms with Crippen molar-refractivity contribution in [2.24, 2.45) is 0 Å². The van der Waals surface area contributed by atoms with E-state index in [1.165, 1.54) is 0 Å². The van der Waals surface area contributed by atoms with Gasteiger partial charge in [-0.25, -0.2) is 4.98 Å². The van der Waals surface area contributed by atoms with Gasteiger partial charge in [-0.3, -0.25) is 4.79 Å². The molecule has 1 aromatic carbocycles. The van der Waals surface area contributed by atoms with Gasteiger partial charge in [-0.15, -0.1) is 0 Å². The number of hydrogen-bond donors (Lipinski definition) is 1. The highest BCUT2D eigenvalue weighted by Gasteiger charge is 2.04. The molecular weight excluding hydrogens is 238 g/mol. The number of aldehydes is 1. The zero-order chi connectivity index (χ0) is 13.1. The predicted octanol–water partition coefficient (Wildman–Crippen LogP) is 2.76. The zero-order valence-corrected chi connectivity index (χ0v) is 10.3. The molecule has 0 bridgehead atoms. The lowest BCUT2D eigenvalue weighted by molar-refractivity contribution is 0.112. The van der Waals surface area contributed by atoms with Gasteiger partial charge in [-0.1, -0.05) is 18.2 Å². The van der Waals surface area contributed by atoms with Crippen molar-refractivity contribution in [1.82, 2.24) is 9.38 Å². The standard InChI is InChI=1S/C15H13N3O/c19-11-13-4-1-2-6-14(13)17-10-12-5-3-8-18-9-7-16-15(12)18/h1-9,11,17H,10H2. The summed E-state index contributed by atoms with van der Waals surface area (Å²) in [5.74, 6) is 0. The van der Waals surface area contributed by atoms with Gasteiger partial charge in [0, 0.05) is 41.9 Å². The third-order valence-corrected chi connectivity index (χ3v) is 3.06. The Hall–Kier alpha value is -2.62. The molecule has 0 aliphatic rings. The number of nitrogens with zero attached hydrogens (tertiary/aromatic N) is 2. The van der Waals surface area contributed by atoms with Gasteiger partial charge in [-0.2, -0.15) is 0 Å². The van der Waals surface area contributed by atoms with E-state index in [-0.39, 0.29) is 0 Å². The van der Waals surface area contributed by atoms with Crippen LogP contribution in [0.1, 0.15) is 15.9 Å². The van der Waals surface area contributed by atoms with Gasteiger partial charge in [-0.05, 0) is 18.2 Å². The molecule has 0 atom stereocenters. The second kappa shape index (κ2) is 4.94. The molecule has 0 saturated heterocycles. The number of fused-ring (bicyclic) bond motifs is 1. The maximum Gasteiger partial charge on any atom is 0.152 e. The van der Waals surface area contributed by atoms with Gasteiger partial charge in [0.25, 0.3) is 0 Å². The van der Waals surface area contributed by atoms with Crippen molar-refractivity contribution in [3.63, 3.8) is 0 Å². The fourth-order valence-corrected chi connectivity index (χ4v) is 2.10. The van der Waals surface area contributed by atoms with Gasteiger partial charge in [0.15, 0.2) is 6.29 Å². The topological polar surface area (TPSA) is 46.4 Å². The molecule has 94 valence electrons. The number of carbonyl (C=O) groups excluding carboxylic acids is 1. The summed E-state index contributed by atoms with van der Waals surface area (Å²) in [5.41, 5.74) is 3.52. The maximum absolute atomic E-state index is 11.0. The van der Waals surface area contributed by atoms with E-state index >= 15 is 0 Å². The number of rotatable bonds is 4. The Balaban J connectivity index is 1.86. The minimum absolute atomic E-state index is 0.631. The van der Waals surface area contributed by atoms with E-state index in [9.17, 15) is 4.79 Å². The second-order valence-corrected chi connectivity index (χ2v) is 4.25. The van der Waals surface area contributed by atoms with Crippen molar-refractivity contribution in [1.29, 1.82) is 0 Å². The summed E-state index contributed by atoms with van der Waals surface area (Å²) in [5, 5.41) is 3.28. The van der Waals surface area contributed by atoms with Crippen molar-refractivity contribution in [3.05, 3.63) is 66.1 Å². The molecule has 1 N–H and O–H groups in total. The van der Waals surface area contributed by atoms with Crippen LogP contribution in [0.15, 0.2) is 55.0 Å². The lowest BCUT2D eigenvalue weighted by Crippen LogP contribution is -2.03. The first kappa shape index (κ1) is 11.5. The summed E-state index contributed by atoms with van der Waals surface area (Å²) >= 11 is 0. The van der Waals surface area contributed by atoms with Gasteiger partial charge in [0.05, 0.1) is 0 Å². The number of carbonyl (C=O) groups is 1. The molecule has 3 aromatic rings. The highest BCUT2D eigenvalue weighted by atomic mass is 16.1.